The Balaban J connectivity index is 1.81. The monoisotopic (exact) mass is 365 g/mol. The highest BCUT2D eigenvalue weighted by Gasteiger charge is 2.21. The van der Waals surface area contributed by atoms with Gasteiger partial charge in [-0.15, -0.1) is 11.3 Å². The van der Waals surface area contributed by atoms with Crippen molar-refractivity contribution in [3.8, 4) is 5.75 Å². The Bertz CT molecular complexity index is 1050. The van der Waals surface area contributed by atoms with Gasteiger partial charge >= 0.3 is 0 Å². The molecule has 7 heteroatoms. The van der Waals surface area contributed by atoms with E-state index in [-0.39, 0.29) is 6.04 Å². The Morgan fingerprint density at radius 1 is 1.19 bits per heavy atom. The standard InChI is InChI=1S/C19H19N5OS/c1-12-9-15-17(21-11-22-19(15)26-12)23-16(18-20-7-8-24(18)2)13-5-4-6-14(10-13)25-3/h4-11,16H,1-3H3,(H,21,22,23). The molecule has 0 spiro atoms. The number of benzene rings is 1. The second-order valence-electron chi connectivity index (χ2n) is 6.05. The Morgan fingerprint density at radius 3 is 2.85 bits per heavy atom. The van der Waals surface area contributed by atoms with Gasteiger partial charge in [0.2, 0.25) is 0 Å². The van der Waals surface area contributed by atoms with Gasteiger partial charge in [0.15, 0.2) is 0 Å². The number of hydrogen-bond acceptors (Lipinski definition) is 6. The summed E-state index contributed by atoms with van der Waals surface area (Å²) < 4.78 is 7.41. The van der Waals surface area contributed by atoms with Crippen molar-refractivity contribution in [2.45, 2.75) is 13.0 Å². The highest BCUT2D eigenvalue weighted by atomic mass is 32.1. The van der Waals surface area contributed by atoms with Gasteiger partial charge in [0.25, 0.3) is 0 Å². The van der Waals surface area contributed by atoms with E-state index in [4.69, 9.17) is 4.74 Å². The second-order valence-corrected chi connectivity index (χ2v) is 7.28. The normalized spacial score (nSPS) is 12.3. The molecule has 0 radical (unpaired) electrons. The first-order valence-electron chi connectivity index (χ1n) is 8.24. The van der Waals surface area contributed by atoms with Gasteiger partial charge in [-0.1, -0.05) is 12.1 Å². The zero-order valence-electron chi connectivity index (χ0n) is 14.8. The maximum atomic E-state index is 5.40. The zero-order valence-corrected chi connectivity index (χ0v) is 15.6. The van der Waals surface area contributed by atoms with Crippen LogP contribution in [-0.4, -0.2) is 26.6 Å². The molecule has 0 aliphatic carbocycles. The zero-order chi connectivity index (χ0) is 18.1. The first-order chi connectivity index (χ1) is 12.7. The van der Waals surface area contributed by atoms with Crippen molar-refractivity contribution in [2.75, 3.05) is 12.4 Å². The molecule has 6 nitrogen and oxygen atoms in total. The molecular weight excluding hydrogens is 346 g/mol. The van der Waals surface area contributed by atoms with E-state index in [9.17, 15) is 0 Å². The van der Waals surface area contributed by atoms with Gasteiger partial charge in [-0.05, 0) is 30.7 Å². The van der Waals surface area contributed by atoms with Gasteiger partial charge in [0, 0.05) is 24.3 Å². The topological polar surface area (TPSA) is 64.9 Å². The molecule has 0 bridgehead atoms. The van der Waals surface area contributed by atoms with Crippen LogP contribution in [0.4, 0.5) is 5.82 Å². The lowest BCUT2D eigenvalue weighted by atomic mass is 10.1. The van der Waals surface area contributed by atoms with E-state index in [1.54, 1.807) is 31.0 Å². The third-order valence-electron chi connectivity index (χ3n) is 4.28. The number of methoxy groups -OCH3 is 1. The highest BCUT2D eigenvalue weighted by Crippen LogP contribution is 2.32. The third-order valence-corrected chi connectivity index (χ3v) is 5.24. The minimum Gasteiger partial charge on any atom is -0.497 e. The molecule has 4 aromatic rings. The lowest BCUT2D eigenvalue weighted by molar-refractivity contribution is 0.414. The fourth-order valence-corrected chi connectivity index (χ4v) is 3.85. The second kappa shape index (κ2) is 6.76. The highest BCUT2D eigenvalue weighted by molar-refractivity contribution is 7.18. The number of nitrogens with one attached hydrogen (secondary N) is 1. The third kappa shape index (κ3) is 3.01. The summed E-state index contributed by atoms with van der Waals surface area (Å²) in [5, 5.41) is 4.59. The Kier molecular flexibility index (Phi) is 4.30. The van der Waals surface area contributed by atoms with Crippen LogP contribution in [-0.2, 0) is 7.05 Å². The van der Waals surface area contributed by atoms with E-state index in [0.29, 0.717) is 0 Å². The van der Waals surface area contributed by atoms with Crippen molar-refractivity contribution in [3.63, 3.8) is 0 Å². The molecule has 1 N–H and O–H groups in total. The Labute approximate surface area is 155 Å². The van der Waals surface area contributed by atoms with Crippen LogP contribution in [0.15, 0.2) is 49.1 Å². The molecule has 0 fully saturated rings. The minimum atomic E-state index is -0.164. The predicted octanol–water partition coefficient (Wildman–Crippen LogP) is 3.94. The van der Waals surface area contributed by atoms with Crippen LogP contribution in [0.25, 0.3) is 10.2 Å². The van der Waals surface area contributed by atoms with Crippen molar-refractivity contribution < 1.29 is 4.74 Å². The molecule has 132 valence electrons. The van der Waals surface area contributed by atoms with Crippen LogP contribution in [0.5, 0.6) is 5.75 Å². The first kappa shape index (κ1) is 16.5. The summed E-state index contributed by atoms with van der Waals surface area (Å²) in [5.74, 6) is 2.51. The molecular formula is C19H19N5OS. The molecule has 0 amide bonds. The molecule has 4 rings (SSSR count). The summed E-state index contributed by atoms with van der Waals surface area (Å²) in [6.45, 7) is 2.08. The average Bonchev–Trinajstić information content (AvgIpc) is 3.24. The van der Waals surface area contributed by atoms with Gasteiger partial charge < -0.3 is 14.6 Å². The summed E-state index contributed by atoms with van der Waals surface area (Å²) in [5.41, 5.74) is 1.05. The van der Waals surface area contributed by atoms with Gasteiger partial charge in [-0.3, -0.25) is 0 Å². The summed E-state index contributed by atoms with van der Waals surface area (Å²) in [6.07, 6.45) is 5.34. The number of ether oxygens (including phenoxy) is 1. The van der Waals surface area contributed by atoms with Crippen molar-refractivity contribution >= 4 is 27.4 Å². The quantitative estimate of drug-likeness (QED) is 0.580. The van der Waals surface area contributed by atoms with Gasteiger partial charge in [0.05, 0.1) is 12.5 Å². The van der Waals surface area contributed by atoms with Crippen LogP contribution in [0.1, 0.15) is 22.3 Å². The van der Waals surface area contributed by atoms with E-state index in [1.165, 1.54) is 4.88 Å². The number of aromatic nitrogens is 4. The van der Waals surface area contributed by atoms with Crippen LogP contribution >= 0.6 is 11.3 Å². The summed E-state index contributed by atoms with van der Waals surface area (Å²) in [6, 6.07) is 9.95. The van der Waals surface area contributed by atoms with Crippen molar-refractivity contribution in [3.05, 3.63) is 65.3 Å². The molecule has 0 aliphatic heterocycles. The van der Waals surface area contributed by atoms with E-state index >= 15 is 0 Å². The Morgan fingerprint density at radius 2 is 2.08 bits per heavy atom. The smallest absolute Gasteiger partial charge is 0.139 e. The van der Waals surface area contributed by atoms with Crippen molar-refractivity contribution in [1.29, 1.82) is 0 Å². The first-order valence-corrected chi connectivity index (χ1v) is 9.06. The summed E-state index contributed by atoms with van der Waals surface area (Å²) in [7, 11) is 3.66. The number of nitrogens with zero attached hydrogens (tertiary/aromatic N) is 4. The van der Waals surface area contributed by atoms with E-state index < -0.39 is 0 Å². The number of rotatable bonds is 5. The SMILES string of the molecule is COc1cccc(C(Nc2ncnc3sc(C)cc23)c2nccn2C)c1. The molecule has 1 atom stereocenters. The largest absolute Gasteiger partial charge is 0.497 e. The van der Waals surface area contributed by atoms with Gasteiger partial charge in [-0.25, -0.2) is 15.0 Å². The molecule has 1 unspecified atom stereocenters. The van der Waals surface area contributed by atoms with Gasteiger partial charge in [0.1, 0.15) is 34.6 Å². The van der Waals surface area contributed by atoms with Gasteiger partial charge in [-0.2, -0.15) is 0 Å². The average molecular weight is 365 g/mol. The molecule has 26 heavy (non-hydrogen) atoms. The molecule has 0 saturated heterocycles. The maximum absolute atomic E-state index is 5.40. The molecule has 3 heterocycles. The molecule has 1 aromatic carbocycles. The van der Waals surface area contributed by atoms with Crippen LogP contribution < -0.4 is 10.1 Å². The lowest BCUT2D eigenvalue weighted by Gasteiger charge is -2.20. The number of imidazole rings is 1. The number of hydrogen-bond donors (Lipinski definition) is 1. The number of aryl methyl sites for hydroxylation is 2. The van der Waals surface area contributed by atoms with E-state index in [0.717, 1.165) is 33.2 Å². The number of fused-ring (bicyclic) bond motifs is 1. The summed E-state index contributed by atoms with van der Waals surface area (Å²) in [4.78, 5) is 15.6. The number of thiophene rings is 1. The van der Waals surface area contributed by atoms with Crippen LogP contribution in [0.3, 0.4) is 0 Å². The minimum absolute atomic E-state index is 0.164. The molecule has 3 aromatic heterocycles. The number of anilines is 1. The van der Waals surface area contributed by atoms with E-state index in [2.05, 4.69) is 39.3 Å². The lowest BCUT2D eigenvalue weighted by Crippen LogP contribution is -2.17. The maximum Gasteiger partial charge on any atom is 0.139 e. The molecule has 0 aliphatic rings. The van der Waals surface area contributed by atoms with Crippen LogP contribution in [0, 0.1) is 6.92 Å². The van der Waals surface area contributed by atoms with E-state index in [1.807, 2.05) is 36.0 Å². The van der Waals surface area contributed by atoms with Crippen LogP contribution in [0.2, 0.25) is 0 Å². The van der Waals surface area contributed by atoms with Crippen molar-refractivity contribution in [1.82, 2.24) is 19.5 Å². The van der Waals surface area contributed by atoms with Crippen molar-refractivity contribution in [2.24, 2.45) is 7.05 Å². The fourth-order valence-electron chi connectivity index (χ4n) is 3.00. The Hall–Kier alpha value is -2.93. The molecule has 0 saturated carbocycles. The fraction of sp³-hybridized carbons (Fsp3) is 0.211. The predicted molar refractivity (Wildman–Crippen MR) is 104 cm³/mol. The summed E-state index contributed by atoms with van der Waals surface area (Å²) >= 11 is 1.66.